The highest BCUT2D eigenvalue weighted by Gasteiger charge is 2.27. The molecule has 9 nitrogen and oxygen atoms in total. The number of amides is 1. The number of rotatable bonds is 10. The van der Waals surface area contributed by atoms with Crippen LogP contribution in [0.1, 0.15) is 16.1 Å². The lowest BCUT2D eigenvalue weighted by Crippen LogP contribution is -2.35. The van der Waals surface area contributed by atoms with E-state index in [2.05, 4.69) is 15.6 Å². The highest BCUT2D eigenvalue weighted by Crippen LogP contribution is 2.29. The fourth-order valence-corrected chi connectivity index (χ4v) is 7.05. The van der Waals surface area contributed by atoms with Gasteiger partial charge in [0.05, 0.1) is 18.2 Å². The van der Waals surface area contributed by atoms with E-state index in [9.17, 15) is 21.6 Å². The van der Waals surface area contributed by atoms with E-state index in [1.165, 1.54) is 12.1 Å². The van der Waals surface area contributed by atoms with E-state index in [1.807, 2.05) is 42.5 Å². The van der Waals surface area contributed by atoms with Crippen molar-refractivity contribution in [3.63, 3.8) is 0 Å². The van der Waals surface area contributed by atoms with E-state index in [1.54, 1.807) is 42.6 Å². The van der Waals surface area contributed by atoms with Gasteiger partial charge in [-0.05, 0) is 65.7 Å². The first-order valence-electron chi connectivity index (χ1n) is 12.0. The van der Waals surface area contributed by atoms with Crippen LogP contribution in [0.2, 0.25) is 0 Å². The Hall–Kier alpha value is -4.22. The minimum atomic E-state index is -4.06. The summed E-state index contributed by atoms with van der Waals surface area (Å²) in [5, 5.41) is 6.24. The smallest absolute Gasteiger partial charge is 0.256 e. The van der Waals surface area contributed by atoms with Gasteiger partial charge < -0.3 is 10.6 Å². The van der Waals surface area contributed by atoms with Gasteiger partial charge in [-0.2, -0.15) is 3.71 Å². The molecule has 4 rings (SSSR count). The van der Waals surface area contributed by atoms with E-state index in [0.29, 0.717) is 26.1 Å². The van der Waals surface area contributed by atoms with Crippen LogP contribution in [0.4, 0.5) is 17.1 Å². The Morgan fingerprint density at radius 1 is 0.769 bits per heavy atom. The van der Waals surface area contributed by atoms with Gasteiger partial charge >= 0.3 is 0 Å². The number of carbonyl (C=O) groups excluding carboxylic acids is 1. The van der Waals surface area contributed by atoms with E-state index in [4.69, 9.17) is 0 Å². The van der Waals surface area contributed by atoms with Gasteiger partial charge in [-0.25, -0.2) is 16.8 Å². The largest absolute Gasteiger partial charge is 0.385 e. The van der Waals surface area contributed by atoms with Gasteiger partial charge in [-0.1, -0.05) is 36.4 Å². The van der Waals surface area contributed by atoms with Crippen LogP contribution >= 0.6 is 0 Å². The van der Waals surface area contributed by atoms with E-state index in [0.717, 1.165) is 36.9 Å². The molecule has 0 unspecified atom stereocenters. The highest BCUT2D eigenvalue weighted by molar-refractivity contribution is 8.09. The maximum Gasteiger partial charge on any atom is 0.256 e. The van der Waals surface area contributed by atoms with Crippen LogP contribution in [0.5, 0.6) is 0 Å². The molecule has 1 amide bonds. The van der Waals surface area contributed by atoms with Crippen LogP contribution in [0.15, 0.2) is 97.2 Å². The molecule has 3 aromatic carbocycles. The van der Waals surface area contributed by atoms with Crippen molar-refractivity contribution in [1.82, 2.24) is 4.98 Å². The van der Waals surface area contributed by atoms with Crippen molar-refractivity contribution in [1.29, 1.82) is 0 Å². The third-order valence-corrected chi connectivity index (χ3v) is 8.99. The SMILES string of the molecule is CS(=O)(=O)N(c1ccc(-c2ccccc2C(=O)Nc2ccc(NCCc3ccccn3)cc2)cc1)S(C)(=O)=O. The van der Waals surface area contributed by atoms with Gasteiger partial charge in [-0.15, -0.1) is 0 Å². The molecule has 0 fully saturated rings. The molecule has 4 aromatic rings. The molecular formula is C28H28N4O5S2. The summed E-state index contributed by atoms with van der Waals surface area (Å²) in [6.45, 7) is 0.723. The molecule has 0 saturated heterocycles. The second-order valence-corrected chi connectivity index (χ2v) is 12.7. The Labute approximate surface area is 228 Å². The quantitative estimate of drug-likeness (QED) is 0.293. The van der Waals surface area contributed by atoms with Crippen LogP contribution in [0.25, 0.3) is 11.1 Å². The fraction of sp³-hybridized carbons (Fsp3) is 0.143. The van der Waals surface area contributed by atoms with Crippen LogP contribution in [0.3, 0.4) is 0 Å². The van der Waals surface area contributed by atoms with Crippen molar-refractivity contribution in [3.05, 3.63) is 108 Å². The van der Waals surface area contributed by atoms with Crippen LogP contribution in [-0.4, -0.2) is 46.8 Å². The summed E-state index contributed by atoms with van der Waals surface area (Å²) < 4.78 is 48.7. The molecule has 39 heavy (non-hydrogen) atoms. The van der Waals surface area contributed by atoms with Crippen molar-refractivity contribution >= 4 is 43.0 Å². The first kappa shape index (κ1) is 27.8. The fourth-order valence-electron chi connectivity index (χ4n) is 4.08. The van der Waals surface area contributed by atoms with Gasteiger partial charge in [0.25, 0.3) is 5.91 Å². The summed E-state index contributed by atoms with van der Waals surface area (Å²) >= 11 is 0. The number of pyridine rings is 1. The highest BCUT2D eigenvalue weighted by atomic mass is 32.3. The number of aromatic nitrogens is 1. The standard InChI is InChI=1S/C28H28N4O5S2/c1-38(34,35)32(39(2,36)37)25-16-10-21(11-17-25)26-8-3-4-9-27(26)28(33)31-24-14-12-23(13-15-24)30-20-18-22-7-5-6-19-29-22/h3-17,19,30H,18,20H2,1-2H3,(H,31,33). The van der Waals surface area contributed by atoms with Gasteiger partial charge in [-0.3, -0.25) is 9.78 Å². The number of carbonyl (C=O) groups is 1. The second-order valence-electron chi connectivity index (χ2n) is 8.84. The first-order valence-corrected chi connectivity index (χ1v) is 15.7. The molecule has 1 aromatic heterocycles. The van der Waals surface area contributed by atoms with E-state index < -0.39 is 20.0 Å². The number of hydrogen-bond acceptors (Lipinski definition) is 7. The maximum atomic E-state index is 13.2. The maximum absolute atomic E-state index is 13.2. The number of benzene rings is 3. The van der Waals surface area contributed by atoms with Crippen molar-refractivity contribution < 1.29 is 21.6 Å². The van der Waals surface area contributed by atoms with Crippen molar-refractivity contribution in [2.24, 2.45) is 0 Å². The number of anilines is 3. The summed E-state index contributed by atoms with van der Waals surface area (Å²) in [6.07, 6.45) is 4.21. The van der Waals surface area contributed by atoms with Gasteiger partial charge in [0.2, 0.25) is 20.0 Å². The summed E-state index contributed by atoms with van der Waals surface area (Å²) in [6, 6.07) is 26.1. The molecule has 0 atom stereocenters. The Morgan fingerprint density at radius 2 is 1.38 bits per heavy atom. The molecule has 0 aliphatic heterocycles. The second kappa shape index (κ2) is 11.7. The Morgan fingerprint density at radius 3 is 2.00 bits per heavy atom. The molecule has 0 radical (unpaired) electrons. The summed E-state index contributed by atoms with van der Waals surface area (Å²) in [4.78, 5) is 17.5. The number of sulfonamides is 2. The molecule has 0 bridgehead atoms. The predicted octanol–water partition coefficient (Wildman–Crippen LogP) is 4.38. The average Bonchev–Trinajstić information content (AvgIpc) is 2.89. The normalized spacial score (nSPS) is 11.5. The molecular weight excluding hydrogens is 536 g/mol. The van der Waals surface area contributed by atoms with Gasteiger partial charge in [0.15, 0.2) is 0 Å². The van der Waals surface area contributed by atoms with Crippen LogP contribution in [-0.2, 0) is 26.5 Å². The third-order valence-electron chi connectivity index (χ3n) is 5.74. The van der Waals surface area contributed by atoms with E-state index >= 15 is 0 Å². The molecule has 0 aliphatic carbocycles. The molecule has 2 N–H and O–H groups in total. The molecule has 11 heteroatoms. The van der Waals surface area contributed by atoms with Crippen molar-refractivity contribution in [2.75, 3.05) is 33.4 Å². The first-order chi connectivity index (χ1) is 18.5. The predicted molar refractivity (Wildman–Crippen MR) is 155 cm³/mol. The summed E-state index contributed by atoms with van der Waals surface area (Å²) in [5.41, 5.74) is 4.17. The van der Waals surface area contributed by atoms with Crippen LogP contribution < -0.4 is 14.3 Å². The van der Waals surface area contributed by atoms with Crippen molar-refractivity contribution in [3.8, 4) is 11.1 Å². The summed E-state index contributed by atoms with van der Waals surface area (Å²) in [7, 11) is -8.11. The minimum Gasteiger partial charge on any atom is -0.385 e. The topological polar surface area (TPSA) is 126 Å². The lowest BCUT2D eigenvalue weighted by atomic mass is 9.99. The van der Waals surface area contributed by atoms with Gasteiger partial charge in [0.1, 0.15) is 0 Å². The summed E-state index contributed by atoms with van der Waals surface area (Å²) in [5.74, 6) is -0.320. The Balaban J connectivity index is 1.46. The third kappa shape index (κ3) is 7.21. The van der Waals surface area contributed by atoms with Crippen molar-refractivity contribution in [2.45, 2.75) is 6.42 Å². The zero-order valence-corrected chi connectivity index (χ0v) is 23.0. The van der Waals surface area contributed by atoms with Gasteiger partial charge in [0, 0.05) is 41.8 Å². The van der Waals surface area contributed by atoms with E-state index in [-0.39, 0.29) is 11.6 Å². The molecule has 1 heterocycles. The molecule has 202 valence electrons. The number of nitrogens with one attached hydrogen (secondary N) is 2. The molecule has 0 saturated carbocycles. The number of hydrogen-bond donors (Lipinski definition) is 2. The lowest BCUT2D eigenvalue weighted by molar-refractivity contribution is 0.102. The lowest BCUT2D eigenvalue weighted by Gasteiger charge is -2.20. The van der Waals surface area contributed by atoms with Crippen LogP contribution in [0, 0.1) is 0 Å². The minimum absolute atomic E-state index is 0.0144. The molecule has 0 spiro atoms. The monoisotopic (exact) mass is 564 g/mol. The number of nitrogens with zero attached hydrogens (tertiary/aromatic N) is 2. The Bertz CT molecular complexity index is 1630. The Kier molecular flexibility index (Phi) is 8.32. The average molecular weight is 565 g/mol. The zero-order chi connectivity index (χ0) is 28.0. The molecule has 0 aliphatic rings. The zero-order valence-electron chi connectivity index (χ0n) is 21.4.